The molecular formula is C12H15NO4. The van der Waals surface area contributed by atoms with E-state index in [1.807, 2.05) is 0 Å². The van der Waals surface area contributed by atoms with Gasteiger partial charge in [0.1, 0.15) is 0 Å². The molecule has 0 aromatic heterocycles. The van der Waals surface area contributed by atoms with Gasteiger partial charge < -0.3 is 15.6 Å². The van der Waals surface area contributed by atoms with E-state index in [2.05, 4.69) is 0 Å². The van der Waals surface area contributed by atoms with Crippen LogP contribution in [0.1, 0.15) is 19.4 Å². The molecule has 0 saturated heterocycles. The molecule has 5 heteroatoms. The number of carboxylic acids is 1. The summed E-state index contributed by atoms with van der Waals surface area (Å²) in [6.45, 7) is 3.26. The highest BCUT2D eigenvalue weighted by Gasteiger charge is 2.46. The Balaban J connectivity index is 3.15. The fraction of sp³-hybridized carbons (Fsp3) is 0.333. The van der Waals surface area contributed by atoms with Gasteiger partial charge >= 0.3 is 11.9 Å². The van der Waals surface area contributed by atoms with Crippen molar-refractivity contribution < 1.29 is 19.4 Å². The number of carboxylic acid groups (broad SMARTS) is 1. The van der Waals surface area contributed by atoms with E-state index in [4.69, 9.17) is 15.6 Å². The molecule has 1 unspecified atom stereocenters. The first kappa shape index (κ1) is 13.2. The standard InChI is InChI=1S/C12H15NO4/c1-8(2)17-11(16)12(13,10(14)15)9-6-4-3-5-7-9/h3-8H,13H2,1-2H3,(H,14,15). The summed E-state index contributed by atoms with van der Waals surface area (Å²) in [5, 5.41) is 9.14. The summed E-state index contributed by atoms with van der Waals surface area (Å²) in [4.78, 5) is 23.0. The average molecular weight is 237 g/mol. The lowest BCUT2D eigenvalue weighted by Gasteiger charge is -2.24. The van der Waals surface area contributed by atoms with Gasteiger partial charge in [0.05, 0.1) is 6.10 Å². The first-order valence-electron chi connectivity index (χ1n) is 5.18. The summed E-state index contributed by atoms with van der Waals surface area (Å²) < 4.78 is 4.89. The Morgan fingerprint density at radius 1 is 1.29 bits per heavy atom. The van der Waals surface area contributed by atoms with E-state index in [-0.39, 0.29) is 5.56 Å². The lowest BCUT2D eigenvalue weighted by molar-refractivity contribution is -0.164. The predicted molar refractivity (Wildman–Crippen MR) is 61.2 cm³/mol. The van der Waals surface area contributed by atoms with Crippen LogP contribution in [0.15, 0.2) is 30.3 Å². The number of benzene rings is 1. The van der Waals surface area contributed by atoms with Crippen LogP contribution in [0.4, 0.5) is 0 Å². The molecule has 1 rings (SSSR count). The van der Waals surface area contributed by atoms with E-state index in [1.54, 1.807) is 32.0 Å². The molecule has 0 heterocycles. The zero-order valence-corrected chi connectivity index (χ0v) is 9.71. The van der Waals surface area contributed by atoms with Crippen molar-refractivity contribution in [1.82, 2.24) is 0 Å². The Hall–Kier alpha value is -1.88. The maximum absolute atomic E-state index is 11.8. The number of carbonyl (C=O) groups is 2. The highest BCUT2D eigenvalue weighted by molar-refractivity contribution is 6.04. The Morgan fingerprint density at radius 2 is 1.82 bits per heavy atom. The number of carbonyl (C=O) groups excluding carboxylic acids is 1. The van der Waals surface area contributed by atoms with Gasteiger partial charge in [-0.1, -0.05) is 30.3 Å². The molecule has 0 amide bonds. The molecule has 1 aromatic carbocycles. The third kappa shape index (κ3) is 2.62. The van der Waals surface area contributed by atoms with Crippen LogP contribution in [0.5, 0.6) is 0 Å². The van der Waals surface area contributed by atoms with Crippen LogP contribution in [0.25, 0.3) is 0 Å². The normalized spacial score (nSPS) is 14.1. The minimum atomic E-state index is -2.16. The second-order valence-electron chi connectivity index (χ2n) is 3.93. The highest BCUT2D eigenvalue weighted by Crippen LogP contribution is 2.21. The quantitative estimate of drug-likeness (QED) is 0.599. The van der Waals surface area contributed by atoms with Crippen molar-refractivity contribution in [2.45, 2.75) is 25.5 Å². The third-order valence-corrected chi connectivity index (χ3v) is 2.23. The minimum Gasteiger partial charge on any atom is -0.479 e. The molecule has 1 aromatic rings. The van der Waals surface area contributed by atoms with Crippen LogP contribution in [-0.2, 0) is 19.9 Å². The SMILES string of the molecule is CC(C)OC(=O)C(N)(C(=O)O)c1ccccc1. The van der Waals surface area contributed by atoms with Crippen molar-refractivity contribution in [3.8, 4) is 0 Å². The molecule has 17 heavy (non-hydrogen) atoms. The molecule has 0 spiro atoms. The fourth-order valence-corrected chi connectivity index (χ4v) is 1.34. The van der Waals surface area contributed by atoms with Gasteiger partial charge in [-0.3, -0.25) is 0 Å². The summed E-state index contributed by atoms with van der Waals surface area (Å²) in [6, 6.07) is 7.90. The van der Waals surface area contributed by atoms with Crippen LogP contribution in [-0.4, -0.2) is 23.1 Å². The third-order valence-electron chi connectivity index (χ3n) is 2.23. The largest absolute Gasteiger partial charge is 0.479 e. The van der Waals surface area contributed by atoms with E-state index in [0.29, 0.717) is 0 Å². The molecule has 3 N–H and O–H groups in total. The highest BCUT2D eigenvalue weighted by atomic mass is 16.5. The van der Waals surface area contributed by atoms with Crippen molar-refractivity contribution in [3.05, 3.63) is 35.9 Å². The van der Waals surface area contributed by atoms with E-state index in [9.17, 15) is 9.59 Å². The molecule has 92 valence electrons. The van der Waals surface area contributed by atoms with Gasteiger partial charge in [-0.25, -0.2) is 9.59 Å². The lowest BCUT2D eigenvalue weighted by atomic mass is 9.91. The molecule has 0 saturated carbocycles. The van der Waals surface area contributed by atoms with Gasteiger partial charge in [-0.15, -0.1) is 0 Å². The summed E-state index contributed by atoms with van der Waals surface area (Å²) in [5.41, 5.74) is 3.71. The maximum atomic E-state index is 11.8. The molecule has 0 bridgehead atoms. The average Bonchev–Trinajstić information content (AvgIpc) is 2.27. The summed E-state index contributed by atoms with van der Waals surface area (Å²) >= 11 is 0. The molecule has 0 fully saturated rings. The van der Waals surface area contributed by atoms with Crippen LogP contribution < -0.4 is 5.73 Å². The Kier molecular flexibility index (Phi) is 3.85. The second-order valence-corrected chi connectivity index (χ2v) is 3.93. The molecule has 0 aliphatic carbocycles. The molecule has 0 aliphatic heterocycles. The van der Waals surface area contributed by atoms with E-state index in [1.165, 1.54) is 12.1 Å². The van der Waals surface area contributed by atoms with Crippen LogP contribution in [0, 0.1) is 0 Å². The molecular weight excluding hydrogens is 222 g/mol. The summed E-state index contributed by atoms with van der Waals surface area (Å²) in [6.07, 6.45) is -0.423. The number of rotatable bonds is 4. The number of nitrogens with two attached hydrogens (primary N) is 1. The van der Waals surface area contributed by atoms with Gasteiger partial charge in [-0.2, -0.15) is 0 Å². The molecule has 1 atom stereocenters. The van der Waals surface area contributed by atoms with Gasteiger partial charge in [0.25, 0.3) is 0 Å². The van der Waals surface area contributed by atoms with Crippen molar-refractivity contribution in [1.29, 1.82) is 0 Å². The number of aliphatic carboxylic acids is 1. The monoisotopic (exact) mass is 237 g/mol. The molecule has 0 radical (unpaired) electrons. The smallest absolute Gasteiger partial charge is 0.342 e. The van der Waals surface area contributed by atoms with Crippen LogP contribution >= 0.6 is 0 Å². The first-order valence-corrected chi connectivity index (χ1v) is 5.18. The zero-order valence-electron chi connectivity index (χ0n) is 9.71. The molecule has 5 nitrogen and oxygen atoms in total. The Bertz CT molecular complexity index is 416. The van der Waals surface area contributed by atoms with Crippen LogP contribution in [0.3, 0.4) is 0 Å². The number of ether oxygens (including phenoxy) is 1. The van der Waals surface area contributed by atoms with Gasteiger partial charge in [0, 0.05) is 0 Å². The van der Waals surface area contributed by atoms with Crippen LogP contribution in [0.2, 0.25) is 0 Å². The molecule has 0 aliphatic rings. The van der Waals surface area contributed by atoms with Crippen molar-refractivity contribution in [2.24, 2.45) is 5.73 Å². The minimum absolute atomic E-state index is 0.193. The topological polar surface area (TPSA) is 89.6 Å². The fourth-order valence-electron chi connectivity index (χ4n) is 1.34. The second kappa shape index (κ2) is 4.97. The summed E-state index contributed by atoms with van der Waals surface area (Å²) in [5.74, 6) is -2.40. The van der Waals surface area contributed by atoms with Crippen molar-refractivity contribution in [3.63, 3.8) is 0 Å². The first-order chi connectivity index (χ1) is 7.89. The van der Waals surface area contributed by atoms with Gasteiger partial charge in [0.15, 0.2) is 0 Å². The number of hydrogen-bond acceptors (Lipinski definition) is 4. The zero-order chi connectivity index (χ0) is 13.1. The summed E-state index contributed by atoms with van der Waals surface area (Å²) in [7, 11) is 0. The Morgan fingerprint density at radius 3 is 2.24 bits per heavy atom. The van der Waals surface area contributed by atoms with Gasteiger partial charge in [0.2, 0.25) is 5.54 Å². The Labute approximate surface area is 99.2 Å². The number of esters is 1. The number of hydrogen-bond donors (Lipinski definition) is 2. The van der Waals surface area contributed by atoms with Crippen molar-refractivity contribution >= 4 is 11.9 Å². The van der Waals surface area contributed by atoms with Crippen molar-refractivity contribution in [2.75, 3.05) is 0 Å². The predicted octanol–water partition coefficient (Wildman–Crippen LogP) is 0.877. The van der Waals surface area contributed by atoms with Gasteiger partial charge in [-0.05, 0) is 19.4 Å². The van der Waals surface area contributed by atoms with E-state index < -0.39 is 23.6 Å². The maximum Gasteiger partial charge on any atom is 0.342 e. The lowest BCUT2D eigenvalue weighted by Crippen LogP contribution is -2.53. The van der Waals surface area contributed by atoms with E-state index >= 15 is 0 Å². The van der Waals surface area contributed by atoms with E-state index in [0.717, 1.165) is 0 Å².